The van der Waals surface area contributed by atoms with Crippen LogP contribution in [0.1, 0.15) is 24.8 Å². The standard InChI is InChI=1S/C14H19BrO3S/c15-14-8-2-1-5-12(14)6-4-10-19(16,17)11-13-7-3-9-18-13/h1-2,5,8,13H,3-4,6-7,9-11H2/t13-/m1/s1. The minimum absolute atomic E-state index is 0.0755. The average Bonchev–Trinajstić information content (AvgIpc) is 2.83. The summed E-state index contributed by atoms with van der Waals surface area (Å²) < 4.78 is 30.4. The smallest absolute Gasteiger partial charge is 0.152 e. The van der Waals surface area contributed by atoms with Gasteiger partial charge in [-0.05, 0) is 37.3 Å². The molecule has 3 nitrogen and oxygen atoms in total. The van der Waals surface area contributed by atoms with Crippen LogP contribution in [0.5, 0.6) is 0 Å². The molecule has 5 heteroatoms. The molecule has 1 aliphatic rings. The van der Waals surface area contributed by atoms with Gasteiger partial charge < -0.3 is 4.74 Å². The topological polar surface area (TPSA) is 43.4 Å². The number of aryl methyl sites for hydroxylation is 1. The van der Waals surface area contributed by atoms with Crippen molar-refractivity contribution >= 4 is 25.8 Å². The molecule has 1 aromatic rings. The molecule has 0 spiro atoms. The van der Waals surface area contributed by atoms with Crippen molar-refractivity contribution in [3.05, 3.63) is 34.3 Å². The van der Waals surface area contributed by atoms with Gasteiger partial charge in [-0.1, -0.05) is 34.1 Å². The van der Waals surface area contributed by atoms with E-state index in [2.05, 4.69) is 15.9 Å². The fourth-order valence-corrected chi connectivity index (χ4v) is 4.39. The number of sulfone groups is 1. The Morgan fingerprint density at radius 3 is 2.79 bits per heavy atom. The van der Waals surface area contributed by atoms with E-state index in [9.17, 15) is 8.42 Å². The van der Waals surface area contributed by atoms with E-state index < -0.39 is 9.84 Å². The van der Waals surface area contributed by atoms with E-state index in [0.717, 1.165) is 29.3 Å². The summed E-state index contributed by atoms with van der Waals surface area (Å²) in [5.41, 5.74) is 1.16. The molecule has 1 fully saturated rings. The minimum atomic E-state index is -2.99. The Bertz CT molecular complexity index is 507. The summed E-state index contributed by atoms with van der Waals surface area (Å²) in [7, 11) is -2.99. The van der Waals surface area contributed by atoms with Crippen LogP contribution in [0.2, 0.25) is 0 Å². The lowest BCUT2D eigenvalue weighted by Gasteiger charge is -2.10. The zero-order valence-electron chi connectivity index (χ0n) is 10.8. The Balaban J connectivity index is 1.79. The normalized spacial score (nSPS) is 19.7. The van der Waals surface area contributed by atoms with Gasteiger partial charge in [0.05, 0.1) is 17.6 Å². The maximum absolute atomic E-state index is 12.0. The molecule has 2 rings (SSSR count). The molecular weight excluding hydrogens is 328 g/mol. The molecule has 1 atom stereocenters. The van der Waals surface area contributed by atoms with Crippen LogP contribution in [0.4, 0.5) is 0 Å². The van der Waals surface area contributed by atoms with Gasteiger partial charge in [-0.2, -0.15) is 0 Å². The first-order chi connectivity index (χ1) is 9.07. The molecule has 0 N–H and O–H groups in total. The Morgan fingerprint density at radius 2 is 2.11 bits per heavy atom. The number of hydrogen-bond donors (Lipinski definition) is 0. The van der Waals surface area contributed by atoms with Crippen molar-refractivity contribution in [2.45, 2.75) is 31.8 Å². The first-order valence-corrected chi connectivity index (χ1v) is 9.24. The monoisotopic (exact) mass is 346 g/mol. The summed E-state index contributed by atoms with van der Waals surface area (Å²) in [6, 6.07) is 7.94. The lowest BCUT2D eigenvalue weighted by atomic mass is 10.1. The SMILES string of the molecule is O=S(=O)(CCCc1ccccc1Br)C[C@H]1CCCO1. The van der Waals surface area contributed by atoms with Crippen molar-refractivity contribution in [1.29, 1.82) is 0 Å². The van der Waals surface area contributed by atoms with E-state index in [0.29, 0.717) is 13.0 Å². The Hall–Kier alpha value is -0.390. The van der Waals surface area contributed by atoms with E-state index in [1.54, 1.807) is 0 Å². The van der Waals surface area contributed by atoms with Crippen LogP contribution in [-0.4, -0.2) is 32.6 Å². The van der Waals surface area contributed by atoms with Gasteiger partial charge in [0.2, 0.25) is 0 Å². The summed E-state index contributed by atoms with van der Waals surface area (Å²) in [5.74, 6) is 0.428. The quantitative estimate of drug-likeness (QED) is 0.795. The highest BCUT2D eigenvalue weighted by Gasteiger charge is 2.22. The van der Waals surface area contributed by atoms with Gasteiger partial charge in [-0.15, -0.1) is 0 Å². The highest BCUT2D eigenvalue weighted by molar-refractivity contribution is 9.10. The van der Waals surface area contributed by atoms with E-state index in [1.807, 2.05) is 24.3 Å². The molecule has 0 unspecified atom stereocenters. The first kappa shape index (κ1) is 15.0. The number of ether oxygens (including phenoxy) is 1. The average molecular weight is 347 g/mol. The van der Waals surface area contributed by atoms with E-state index >= 15 is 0 Å². The number of benzene rings is 1. The Morgan fingerprint density at radius 1 is 1.32 bits per heavy atom. The molecule has 1 aliphatic heterocycles. The van der Waals surface area contributed by atoms with Crippen molar-refractivity contribution in [3.63, 3.8) is 0 Å². The molecule has 1 saturated heterocycles. The van der Waals surface area contributed by atoms with Gasteiger partial charge in [0, 0.05) is 11.1 Å². The molecule has 0 saturated carbocycles. The maximum Gasteiger partial charge on any atom is 0.152 e. The summed E-state index contributed by atoms with van der Waals surface area (Å²) in [4.78, 5) is 0. The van der Waals surface area contributed by atoms with Crippen LogP contribution in [0.3, 0.4) is 0 Å². The summed E-state index contributed by atoms with van der Waals surface area (Å²) in [6.07, 6.45) is 3.23. The third-order valence-corrected chi connectivity index (χ3v) is 5.89. The van der Waals surface area contributed by atoms with Gasteiger partial charge in [0.1, 0.15) is 0 Å². The lowest BCUT2D eigenvalue weighted by Crippen LogP contribution is -2.22. The zero-order chi connectivity index (χ0) is 13.7. The first-order valence-electron chi connectivity index (χ1n) is 6.62. The number of halogens is 1. The van der Waals surface area contributed by atoms with Gasteiger partial charge in [0.15, 0.2) is 9.84 Å². The second kappa shape index (κ2) is 6.86. The predicted molar refractivity (Wildman–Crippen MR) is 80.1 cm³/mol. The third-order valence-electron chi connectivity index (χ3n) is 3.32. The maximum atomic E-state index is 12.0. The summed E-state index contributed by atoms with van der Waals surface area (Å²) >= 11 is 3.48. The molecule has 0 bridgehead atoms. The molecule has 0 aliphatic carbocycles. The number of hydrogen-bond acceptors (Lipinski definition) is 3. The highest BCUT2D eigenvalue weighted by Crippen LogP contribution is 2.18. The summed E-state index contributed by atoms with van der Waals surface area (Å²) in [6.45, 7) is 0.706. The van der Waals surface area contributed by atoms with Crippen LogP contribution in [0.15, 0.2) is 28.7 Å². The molecule has 106 valence electrons. The van der Waals surface area contributed by atoms with Gasteiger partial charge in [-0.25, -0.2) is 8.42 Å². The highest BCUT2D eigenvalue weighted by atomic mass is 79.9. The minimum Gasteiger partial charge on any atom is -0.377 e. The van der Waals surface area contributed by atoms with Crippen molar-refractivity contribution in [1.82, 2.24) is 0 Å². The second-order valence-corrected chi connectivity index (χ2v) is 8.03. The van der Waals surface area contributed by atoms with Crippen molar-refractivity contribution in [3.8, 4) is 0 Å². The van der Waals surface area contributed by atoms with Crippen LogP contribution in [0, 0.1) is 0 Å². The Labute approximate surface area is 123 Å². The van der Waals surface area contributed by atoms with Crippen LogP contribution >= 0.6 is 15.9 Å². The van der Waals surface area contributed by atoms with Crippen molar-refractivity contribution in [2.24, 2.45) is 0 Å². The molecule has 1 heterocycles. The van der Waals surface area contributed by atoms with Crippen LogP contribution in [-0.2, 0) is 21.0 Å². The van der Waals surface area contributed by atoms with Gasteiger partial charge >= 0.3 is 0 Å². The number of rotatable bonds is 6. The Kier molecular flexibility index (Phi) is 5.42. The zero-order valence-corrected chi connectivity index (χ0v) is 13.2. The van der Waals surface area contributed by atoms with Gasteiger partial charge in [0.25, 0.3) is 0 Å². The molecule has 0 radical (unpaired) electrons. The predicted octanol–water partition coefficient (Wildman–Crippen LogP) is 2.98. The van der Waals surface area contributed by atoms with Crippen LogP contribution < -0.4 is 0 Å². The molecule has 0 aromatic heterocycles. The second-order valence-electron chi connectivity index (χ2n) is 4.94. The van der Waals surface area contributed by atoms with Crippen molar-refractivity contribution in [2.75, 3.05) is 18.1 Å². The molecular formula is C14H19BrO3S. The molecule has 1 aromatic carbocycles. The third kappa shape index (κ3) is 4.89. The fourth-order valence-electron chi connectivity index (χ4n) is 2.33. The fraction of sp³-hybridized carbons (Fsp3) is 0.571. The largest absolute Gasteiger partial charge is 0.377 e. The van der Waals surface area contributed by atoms with Gasteiger partial charge in [-0.3, -0.25) is 0 Å². The molecule has 19 heavy (non-hydrogen) atoms. The van der Waals surface area contributed by atoms with E-state index in [-0.39, 0.29) is 17.6 Å². The summed E-state index contributed by atoms with van der Waals surface area (Å²) in [5, 5.41) is 0. The van der Waals surface area contributed by atoms with E-state index in [1.165, 1.54) is 0 Å². The van der Waals surface area contributed by atoms with Crippen LogP contribution in [0.25, 0.3) is 0 Å². The lowest BCUT2D eigenvalue weighted by molar-refractivity contribution is 0.127. The molecule has 0 amide bonds. The van der Waals surface area contributed by atoms with E-state index in [4.69, 9.17) is 4.74 Å². The van der Waals surface area contributed by atoms with Crippen molar-refractivity contribution < 1.29 is 13.2 Å².